The van der Waals surface area contributed by atoms with Gasteiger partial charge in [-0.1, -0.05) is 82.7 Å². The number of Topliss-reactive ketones (excluding diaryl/α,β-unsaturated/α-hetero) is 4. The standard InChI is InChI=1S/C21H34O4.C21H34O3.C20H32O4.C20H30O3/c1-12-11-20(5)15(24-20)7-8-19(4)16(25-19)10-13-9-14(22)21(6,23)17(12)18(13,2)3;1-12-11-21(6)16(23-21)7-8-20(5)17(24-20)10-14-9-15(22)13(2)18(12)19(14,3)4;1-17(2)12-10-14(21)20(5,22)13(17)6-8-18(3)15(23-18)7-9-19(4)16(11-12)24-19;1-12-14-6-8-19(4)16(22-19)7-9-20(5)17(23-20)11-13(10-15(12)21)18(14,2)3/h12-13,15-17,23H,7-11H2,1-6H3;12-14,16-18H,7-11H2,1-6H3;12-13,15-16,22H,6-11H2,1-5H3;13-14,16-17H,1,6-11H2,2-5H3/t12-,13?,15?,16?,17?,19?,20?,21?;12-,13?,14?,16?,17?,18?,20?,21?;;/m00../s1. The maximum Gasteiger partial charge on any atom is 0.164 e. The fourth-order valence-electron chi connectivity index (χ4n) is 24.1. The lowest BCUT2D eigenvalue weighted by Gasteiger charge is -2.54. The molecule has 29 atom stereocenters. The van der Waals surface area contributed by atoms with Gasteiger partial charge in [-0.05, 0) is 265 Å². The van der Waals surface area contributed by atoms with Gasteiger partial charge in [0.2, 0.25) is 0 Å². The lowest BCUT2D eigenvalue weighted by atomic mass is 9.51. The number of allylic oxidation sites excluding steroid dienone is 1. The van der Waals surface area contributed by atoms with Crippen molar-refractivity contribution in [3.05, 3.63) is 12.2 Å². The van der Waals surface area contributed by atoms with Crippen LogP contribution in [0.1, 0.15) is 287 Å². The Morgan fingerprint density at radius 1 is 0.365 bits per heavy atom. The van der Waals surface area contributed by atoms with Gasteiger partial charge in [0.15, 0.2) is 17.3 Å². The van der Waals surface area contributed by atoms with Crippen LogP contribution in [0.15, 0.2) is 12.2 Å². The third kappa shape index (κ3) is 12.8. The summed E-state index contributed by atoms with van der Waals surface area (Å²) in [5.41, 5.74) is -1.75. The molecule has 14 heteroatoms. The molecule has 16 rings (SSSR count). The number of carbonyl (C=O) groups is 4. The molecule has 0 aromatic rings. The molecule has 8 aliphatic carbocycles. The Morgan fingerprint density at radius 3 is 1.15 bits per heavy atom. The molecule has 542 valence electrons. The molecule has 0 amide bonds. The number of carbonyl (C=O) groups excluding carboxylic acids is 4. The molecular weight excluding hydrogens is 1210 g/mol. The van der Waals surface area contributed by atoms with E-state index in [4.69, 9.17) is 37.9 Å². The van der Waals surface area contributed by atoms with Gasteiger partial charge >= 0.3 is 0 Å². The first kappa shape index (κ1) is 72.4. The molecule has 2 N–H and O–H groups in total. The quantitative estimate of drug-likeness (QED) is 0.171. The highest BCUT2D eigenvalue weighted by molar-refractivity contribution is 5.96. The molecule has 14 nitrogen and oxygen atoms in total. The van der Waals surface area contributed by atoms with Gasteiger partial charge < -0.3 is 48.1 Å². The zero-order valence-corrected chi connectivity index (χ0v) is 63.5. The van der Waals surface area contributed by atoms with E-state index >= 15 is 0 Å². The molecule has 8 heterocycles. The van der Waals surface area contributed by atoms with Gasteiger partial charge in [0.05, 0.1) is 93.6 Å². The summed E-state index contributed by atoms with van der Waals surface area (Å²) in [6.45, 7) is 50.6. The first-order valence-electron chi connectivity index (χ1n) is 38.8. The van der Waals surface area contributed by atoms with Crippen LogP contribution in [0, 0.1) is 86.8 Å². The summed E-state index contributed by atoms with van der Waals surface area (Å²) in [5.74, 6) is 3.71. The number of epoxide rings is 8. The Hall–Kier alpha value is -1.98. The number of hydrogen-bond donors (Lipinski definition) is 2. The number of hydrogen-bond acceptors (Lipinski definition) is 14. The molecule has 96 heavy (non-hydrogen) atoms. The predicted molar refractivity (Wildman–Crippen MR) is 369 cm³/mol. The van der Waals surface area contributed by atoms with E-state index in [9.17, 15) is 29.4 Å². The average Bonchev–Trinajstić information content (AvgIpc) is 1.30. The fourth-order valence-corrected chi connectivity index (χ4v) is 24.1. The molecule has 0 aromatic carbocycles. The fraction of sp³-hybridized carbons (Fsp3) is 0.927. The molecular formula is C82H130O14. The van der Waals surface area contributed by atoms with Crippen molar-refractivity contribution in [3.63, 3.8) is 0 Å². The number of fused-ring (bicyclic) bond motifs is 16. The summed E-state index contributed by atoms with van der Waals surface area (Å²) in [4.78, 5) is 50.8. The minimum absolute atomic E-state index is 0.00602. The monoisotopic (exact) mass is 1340 g/mol. The Bertz CT molecular complexity index is 3060. The minimum Gasteiger partial charge on any atom is -0.382 e. The summed E-state index contributed by atoms with van der Waals surface area (Å²) in [6, 6.07) is 0. The summed E-state index contributed by atoms with van der Waals surface area (Å²) in [7, 11) is 0. The van der Waals surface area contributed by atoms with Crippen molar-refractivity contribution in [1.29, 1.82) is 0 Å². The van der Waals surface area contributed by atoms with Crippen molar-refractivity contribution in [2.24, 2.45) is 86.8 Å². The van der Waals surface area contributed by atoms with Crippen molar-refractivity contribution in [1.82, 2.24) is 0 Å². The van der Waals surface area contributed by atoms with Crippen LogP contribution < -0.4 is 0 Å². The number of rotatable bonds is 0. The third-order valence-electron chi connectivity index (χ3n) is 32.0. The first-order valence-corrected chi connectivity index (χ1v) is 38.8. The third-order valence-corrected chi connectivity index (χ3v) is 32.0. The number of ether oxygens (including phenoxy) is 8. The largest absolute Gasteiger partial charge is 0.382 e. The van der Waals surface area contributed by atoms with Gasteiger partial charge in [-0.15, -0.1) is 0 Å². The van der Waals surface area contributed by atoms with Crippen molar-refractivity contribution in [2.75, 3.05) is 0 Å². The van der Waals surface area contributed by atoms with E-state index in [0.717, 1.165) is 128 Å². The minimum atomic E-state index is -1.25. The van der Waals surface area contributed by atoms with Gasteiger partial charge in [-0.25, -0.2) is 0 Å². The summed E-state index contributed by atoms with van der Waals surface area (Å²) in [6.07, 6.45) is 23.1. The molecule has 0 aromatic heterocycles. The maximum absolute atomic E-state index is 12.8. The summed E-state index contributed by atoms with van der Waals surface area (Å²) in [5, 5.41) is 22.1. The van der Waals surface area contributed by atoms with Crippen LogP contribution >= 0.6 is 0 Å². The lowest BCUT2D eigenvalue weighted by Crippen LogP contribution is -2.59. The van der Waals surface area contributed by atoms with Crippen molar-refractivity contribution >= 4 is 23.1 Å². The highest BCUT2D eigenvalue weighted by Crippen LogP contribution is 2.64. The second-order valence-electron chi connectivity index (χ2n) is 40.2. The maximum atomic E-state index is 12.8. The van der Waals surface area contributed by atoms with E-state index in [1.54, 1.807) is 13.8 Å². The Kier molecular flexibility index (Phi) is 17.5. The molecule has 0 spiro atoms. The second kappa shape index (κ2) is 23.3. The van der Waals surface area contributed by atoms with Gasteiger partial charge in [0.25, 0.3) is 0 Å². The second-order valence-corrected chi connectivity index (χ2v) is 40.2. The normalized spacial score (nSPS) is 55.6. The molecule has 8 aliphatic heterocycles. The molecule has 8 saturated carbocycles. The highest BCUT2D eigenvalue weighted by Gasteiger charge is 2.68. The van der Waals surface area contributed by atoms with E-state index in [0.29, 0.717) is 85.3 Å². The van der Waals surface area contributed by atoms with Gasteiger partial charge in [-0.3, -0.25) is 19.2 Å². The van der Waals surface area contributed by atoms with Crippen LogP contribution in [0.25, 0.3) is 0 Å². The molecule has 27 unspecified atom stereocenters. The lowest BCUT2D eigenvalue weighted by molar-refractivity contribution is -0.171. The van der Waals surface area contributed by atoms with Crippen molar-refractivity contribution in [3.8, 4) is 0 Å². The zero-order valence-electron chi connectivity index (χ0n) is 63.5. The van der Waals surface area contributed by atoms with Crippen LogP contribution in [0.5, 0.6) is 0 Å². The van der Waals surface area contributed by atoms with Crippen LogP contribution in [0.2, 0.25) is 0 Å². The smallest absolute Gasteiger partial charge is 0.164 e. The Morgan fingerprint density at radius 2 is 0.698 bits per heavy atom. The Labute approximate surface area is 578 Å². The molecule has 0 radical (unpaired) electrons. The molecule has 8 saturated heterocycles. The van der Waals surface area contributed by atoms with E-state index in [-0.39, 0.29) is 137 Å². The molecule has 16 fully saturated rings. The van der Waals surface area contributed by atoms with E-state index < -0.39 is 11.2 Å². The average molecular weight is 1340 g/mol. The topological polar surface area (TPSA) is 209 Å². The predicted octanol–water partition coefficient (Wildman–Crippen LogP) is 15.2. The van der Waals surface area contributed by atoms with Crippen molar-refractivity contribution in [2.45, 2.75) is 391 Å². The SMILES string of the molecule is C=C1C(=O)CC2CC3OC3(C)CCC3OC3(C)CCC1C2(C)C.CC12CCC3C(C)(O)C(=O)CC(CC4OC4(C)CCC1O2)C3(C)C.CC1C(=O)CC2CC3OC3(C)CCC3OC3(C)C[C@H](C)C1C2(C)C.C[C@H]1CC2(C)OC2CCC2(C)OC2CC2CC(=O)C(C)(O)C1C2(C)C. The number of ketones is 4. The summed E-state index contributed by atoms with van der Waals surface area (Å²) >= 11 is 0. The van der Waals surface area contributed by atoms with E-state index in [1.165, 1.54) is 0 Å². The van der Waals surface area contributed by atoms with Crippen LogP contribution in [0.3, 0.4) is 0 Å². The Balaban J connectivity index is 0.000000116. The van der Waals surface area contributed by atoms with Crippen LogP contribution in [-0.4, -0.2) is 138 Å². The summed E-state index contributed by atoms with van der Waals surface area (Å²) < 4.78 is 48.6. The number of aliphatic hydroxyl groups is 2. The van der Waals surface area contributed by atoms with Gasteiger partial charge in [0.1, 0.15) is 17.0 Å². The van der Waals surface area contributed by atoms with Gasteiger partial charge in [0, 0.05) is 37.5 Å². The zero-order chi connectivity index (χ0) is 70.1. The van der Waals surface area contributed by atoms with Crippen LogP contribution in [-0.2, 0) is 57.1 Å². The van der Waals surface area contributed by atoms with E-state index in [2.05, 4.69) is 138 Å². The highest BCUT2D eigenvalue weighted by atomic mass is 16.6. The van der Waals surface area contributed by atoms with Gasteiger partial charge in [-0.2, -0.15) is 0 Å². The molecule has 16 aliphatic rings. The van der Waals surface area contributed by atoms with Crippen LogP contribution in [0.4, 0.5) is 0 Å². The first-order chi connectivity index (χ1) is 44.1. The van der Waals surface area contributed by atoms with Crippen molar-refractivity contribution < 1.29 is 67.3 Å². The molecule has 8 bridgehead atoms. The van der Waals surface area contributed by atoms with E-state index in [1.807, 2.05) is 0 Å².